The summed E-state index contributed by atoms with van der Waals surface area (Å²) in [5.41, 5.74) is 0. The molecule has 0 radical (unpaired) electrons. The molecule has 0 unspecified atom stereocenters. The van der Waals surface area contributed by atoms with Gasteiger partial charge in [0.25, 0.3) is 0 Å². The van der Waals surface area contributed by atoms with Crippen LogP contribution in [0.2, 0.25) is 0 Å². The van der Waals surface area contributed by atoms with Crippen LogP contribution in [0.1, 0.15) is 33.1 Å². The number of aliphatic hydroxyl groups is 1. The number of likely N-dealkylation sites (tertiary alicyclic amines) is 1. The van der Waals surface area contributed by atoms with Gasteiger partial charge >= 0.3 is 12.0 Å². The van der Waals surface area contributed by atoms with Crippen molar-refractivity contribution in [1.29, 1.82) is 0 Å². The number of β-amino-alcohol motifs (C(OH)–C–C–N with tert-alkyl or cyclic N) is 1. The van der Waals surface area contributed by atoms with Gasteiger partial charge in [0.05, 0.1) is 6.10 Å². The van der Waals surface area contributed by atoms with Crippen LogP contribution >= 0.6 is 0 Å². The Morgan fingerprint density at radius 3 is 2.56 bits per heavy atom. The lowest BCUT2D eigenvalue weighted by molar-refractivity contribution is -0.141. The van der Waals surface area contributed by atoms with E-state index in [4.69, 9.17) is 5.11 Å². The van der Waals surface area contributed by atoms with Crippen molar-refractivity contribution in [2.24, 2.45) is 0 Å². The second-order valence-corrected chi connectivity index (χ2v) is 4.61. The van der Waals surface area contributed by atoms with Gasteiger partial charge in [-0.05, 0) is 13.3 Å². The maximum absolute atomic E-state index is 12.2. The van der Waals surface area contributed by atoms with E-state index < -0.39 is 18.1 Å². The minimum Gasteiger partial charge on any atom is -0.480 e. The zero-order valence-corrected chi connectivity index (χ0v) is 11.0. The number of unbranched alkanes of at least 4 members (excludes halogenated alkanes) is 1. The normalized spacial score (nSPS) is 23.2. The van der Waals surface area contributed by atoms with Gasteiger partial charge in [-0.2, -0.15) is 0 Å². The third kappa shape index (κ3) is 3.35. The van der Waals surface area contributed by atoms with E-state index in [0.717, 1.165) is 12.8 Å². The average Bonchev–Trinajstić information content (AvgIpc) is 2.72. The van der Waals surface area contributed by atoms with Gasteiger partial charge in [-0.1, -0.05) is 13.3 Å². The van der Waals surface area contributed by atoms with Crippen LogP contribution in [0, 0.1) is 0 Å². The highest BCUT2D eigenvalue weighted by molar-refractivity contribution is 5.83. The van der Waals surface area contributed by atoms with E-state index in [-0.39, 0.29) is 19.0 Å². The van der Waals surface area contributed by atoms with Crippen LogP contribution in [0.25, 0.3) is 0 Å². The molecule has 1 aliphatic heterocycles. The lowest BCUT2D eigenvalue weighted by Gasteiger charge is -2.29. The Balaban J connectivity index is 2.70. The third-order valence-corrected chi connectivity index (χ3v) is 3.24. The predicted molar refractivity (Wildman–Crippen MR) is 66.3 cm³/mol. The molecule has 1 heterocycles. The number of hydrogen-bond donors (Lipinski definition) is 2. The van der Waals surface area contributed by atoms with Gasteiger partial charge in [0.2, 0.25) is 0 Å². The maximum Gasteiger partial charge on any atom is 0.326 e. The quantitative estimate of drug-likeness (QED) is 0.762. The monoisotopic (exact) mass is 258 g/mol. The van der Waals surface area contributed by atoms with Crippen LogP contribution in [0.15, 0.2) is 0 Å². The van der Waals surface area contributed by atoms with Crippen molar-refractivity contribution in [3.8, 4) is 0 Å². The van der Waals surface area contributed by atoms with Crippen LogP contribution in [0.4, 0.5) is 4.79 Å². The van der Waals surface area contributed by atoms with Crippen molar-refractivity contribution in [2.75, 3.05) is 19.6 Å². The minimum absolute atomic E-state index is 0.110. The highest BCUT2D eigenvalue weighted by atomic mass is 16.4. The highest BCUT2D eigenvalue weighted by Crippen LogP contribution is 2.20. The fourth-order valence-corrected chi connectivity index (χ4v) is 2.18. The van der Waals surface area contributed by atoms with Gasteiger partial charge in [-0.25, -0.2) is 9.59 Å². The minimum atomic E-state index is -1.05. The molecule has 1 rings (SSSR count). The van der Waals surface area contributed by atoms with Crippen molar-refractivity contribution in [3.63, 3.8) is 0 Å². The van der Waals surface area contributed by atoms with E-state index >= 15 is 0 Å². The lowest BCUT2D eigenvalue weighted by Crippen LogP contribution is -2.48. The van der Waals surface area contributed by atoms with Crippen molar-refractivity contribution in [1.82, 2.24) is 9.80 Å². The number of nitrogens with zero attached hydrogens (tertiary/aromatic N) is 2. The van der Waals surface area contributed by atoms with Crippen LogP contribution < -0.4 is 0 Å². The van der Waals surface area contributed by atoms with Crippen LogP contribution in [-0.4, -0.2) is 63.8 Å². The first kappa shape index (κ1) is 14.8. The summed E-state index contributed by atoms with van der Waals surface area (Å²) in [6, 6.07) is -1.18. The molecule has 0 aromatic carbocycles. The number of hydrogen-bond acceptors (Lipinski definition) is 3. The van der Waals surface area contributed by atoms with Crippen molar-refractivity contribution in [2.45, 2.75) is 45.3 Å². The molecule has 1 fully saturated rings. The van der Waals surface area contributed by atoms with Gasteiger partial charge in [-0.3, -0.25) is 0 Å². The van der Waals surface area contributed by atoms with E-state index in [0.29, 0.717) is 13.1 Å². The molecule has 0 aromatic heterocycles. The van der Waals surface area contributed by atoms with E-state index in [9.17, 15) is 14.7 Å². The summed E-state index contributed by atoms with van der Waals surface area (Å²) in [6.45, 7) is 5.20. The third-order valence-electron chi connectivity index (χ3n) is 3.24. The van der Waals surface area contributed by atoms with E-state index in [1.165, 1.54) is 4.90 Å². The van der Waals surface area contributed by atoms with Gasteiger partial charge in [-0.15, -0.1) is 0 Å². The van der Waals surface area contributed by atoms with E-state index in [1.807, 2.05) is 13.8 Å². The second kappa shape index (κ2) is 6.58. The molecular weight excluding hydrogens is 236 g/mol. The summed E-state index contributed by atoms with van der Waals surface area (Å²) in [6.07, 6.45) is 1.26. The number of aliphatic carboxylic acids is 1. The van der Waals surface area contributed by atoms with Gasteiger partial charge in [0, 0.05) is 26.1 Å². The summed E-state index contributed by atoms with van der Waals surface area (Å²) < 4.78 is 0. The Morgan fingerprint density at radius 2 is 2.06 bits per heavy atom. The number of amides is 2. The number of urea groups is 1. The molecule has 0 bridgehead atoms. The summed E-state index contributed by atoms with van der Waals surface area (Å²) in [5.74, 6) is -1.05. The number of rotatable bonds is 5. The Morgan fingerprint density at radius 1 is 1.39 bits per heavy atom. The van der Waals surface area contributed by atoms with Crippen molar-refractivity contribution < 1.29 is 19.8 Å². The smallest absolute Gasteiger partial charge is 0.326 e. The molecule has 0 aromatic rings. The highest BCUT2D eigenvalue weighted by Gasteiger charge is 2.40. The molecule has 2 N–H and O–H groups in total. The molecule has 104 valence electrons. The number of carbonyl (C=O) groups excluding carboxylic acids is 1. The molecule has 6 heteroatoms. The maximum atomic E-state index is 12.2. The SMILES string of the molecule is CCCCN(CC)C(=O)N1C[C@H](O)C[C@@H]1C(=O)O. The van der Waals surface area contributed by atoms with Gasteiger partial charge < -0.3 is 20.0 Å². The first-order valence-electron chi connectivity index (χ1n) is 6.47. The fraction of sp³-hybridized carbons (Fsp3) is 0.833. The molecule has 2 atom stereocenters. The van der Waals surface area contributed by atoms with Crippen molar-refractivity contribution >= 4 is 12.0 Å². The molecule has 2 amide bonds. The summed E-state index contributed by atoms with van der Waals surface area (Å²) in [5, 5.41) is 18.6. The standard InChI is InChI=1S/C12H22N2O4/c1-3-5-6-13(4-2)12(18)14-8-9(15)7-10(14)11(16)17/h9-10,15H,3-8H2,1-2H3,(H,16,17)/t9-,10-/m1/s1. The lowest BCUT2D eigenvalue weighted by atomic mass is 10.2. The number of carboxylic acids is 1. The number of aliphatic hydroxyl groups excluding tert-OH is 1. The molecule has 1 saturated heterocycles. The fourth-order valence-electron chi connectivity index (χ4n) is 2.18. The zero-order chi connectivity index (χ0) is 13.7. The van der Waals surface area contributed by atoms with Crippen LogP contribution in [-0.2, 0) is 4.79 Å². The Hall–Kier alpha value is -1.30. The molecule has 0 spiro atoms. The van der Waals surface area contributed by atoms with E-state index in [1.54, 1.807) is 4.90 Å². The molecule has 18 heavy (non-hydrogen) atoms. The Labute approximate surface area is 107 Å². The molecule has 1 aliphatic rings. The summed E-state index contributed by atoms with van der Waals surface area (Å²) >= 11 is 0. The van der Waals surface area contributed by atoms with Crippen LogP contribution in [0.3, 0.4) is 0 Å². The number of carbonyl (C=O) groups is 2. The van der Waals surface area contributed by atoms with Gasteiger partial charge in [0.1, 0.15) is 6.04 Å². The first-order chi connectivity index (χ1) is 8.51. The molecule has 0 aliphatic carbocycles. The van der Waals surface area contributed by atoms with Crippen molar-refractivity contribution in [3.05, 3.63) is 0 Å². The summed E-state index contributed by atoms with van der Waals surface area (Å²) in [7, 11) is 0. The van der Waals surface area contributed by atoms with E-state index in [2.05, 4.69) is 0 Å². The summed E-state index contributed by atoms with van der Waals surface area (Å²) in [4.78, 5) is 26.2. The zero-order valence-electron chi connectivity index (χ0n) is 11.0. The van der Waals surface area contributed by atoms with Gasteiger partial charge in [0.15, 0.2) is 0 Å². The molecule has 0 saturated carbocycles. The Kier molecular flexibility index (Phi) is 5.40. The molecular formula is C12H22N2O4. The van der Waals surface area contributed by atoms with Crippen LogP contribution in [0.5, 0.6) is 0 Å². The largest absolute Gasteiger partial charge is 0.480 e. The second-order valence-electron chi connectivity index (χ2n) is 4.61. The Bertz CT molecular complexity index is 308. The molecule has 6 nitrogen and oxygen atoms in total. The average molecular weight is 258 g/mol. The number of carboxylic acid groups (broad SMARTS) is 1. The predicted octanol–water partition coefficient (Wildman–Crippen LogP) is 0.748. The first-order valence-corrected chi connectivity index (χ1v) is 6.47. The topological polar surface area (TPSA) is 81.1 Å².